The van der Waals surface area contributed by atoms with Gasteiger partial charge < -0.3 is 35.0 Å². The standard InChI is InChI=1S/C19H32O8/c1-10-7-12(21)8-18(3,4)19(10,25)6-5-11(2)26-17-16(24)15(23)14(22)13(9-20)27-17/h7,11,13-17,20,22-25H,5-6,8-9H2,1-4H3/t11-,13-,14-,15+,16-,17-,19+/m1/s1. The number of ketones is 1. The molecule has 1 heterocycles. The molecule has 8 nitrogen and oxygen atoms in total. The fraction of sp³-hybridized carbons (Fsp3) is 0.842. The van der Waals surface area contributed by atoms with Crippen LogP contribution in [0.25, 0.3) is 0 Å². The van der Waals surface area contributed by atoms with E-state index in [9.17, 15) is 30.3 Å². The number of rotatable bonds is 6. The minimum Gasteiger partial charge on any atom is -0.394 e. The lowest BCUT2D eigenvalue weighted by atomic mass is 9.63. The van der Waals surface area contributed by atoms with Crippen LogP contribution in [-0.4, -0.2) is 80.3 Å². The summed E-state index contributed by atoms with van der Waals surface area (Å²) in [5.41, 5.74) is -1.16. The molecule has 1 saturated heterocycles. The minimum atomic E-state index is -1.49. The summed E-state index contributed by atoms with van der Waals surface area (Å²) in [5, 5.41) is 50.1. The van der Waals surface area contributed by atoms with Crippen LogP contribution >= 0.6 is 0 Å². The van der Waals surface area contributed by atoms with Gasteiger partial charge in [0, 0.05) is 11.8 Å². The predicted octanol–water partition coefficient (Wildman–Crippen LogP) is -0.352. The van der Waals surface area contributed by atoms with Crippen LogP contribution in [0.4, 0.5) is 0 Å². The number of hydrogen-bond donors (Lipinski definition) is 5. The van der Waals surface area contributed by atoms with E-state index in [1.165, 1.54) is 6.08 Å². The number of carbonyl (C=O) groups excluding carboxylic acids is 1. The highest BCUT2D eigenvalue weighted by molar-refractivity contribution is 5.92. The number of ether oxygens (including phenoxy) is 2. The van der Waals surface area contributed by atoms with Gasteiger partial charge in [-0.25, -0.2) is 0 Å². The first-order chi connectivity index (χ1) is 12.4. The molecule has 0 aromatic carbocycles. The summed E-state index contributed by atoms with van der Waals surface area (Å²) in [5.74, 6) is -0.00667. The smallest absolute Gasteiger partial charge is 0.186 e. The molecule has 2 rings (SSSR count). The Hall–Kier alpha value is -0.870. The summed E-state index contributed by atoms with van der Waals surface area (Å²) >= 11 is 0. The van der Waals surface area contributed by atoms with Gasteiger partial charge in [0.15, 0.2) is 12.1 Å². The summed E-state index contributed by atoms with van der Waals surface area (Å²) in [7, 11) is 0. The van der Waals surface area contributed by atoms with E-state index >= 15 is 0 Å². The molecule has 5 N–H and O–H groups in total. The van der Waals surface area contributed by atoms with Crippen LogP contribution < -0.4 is 0 Å². The van der Waals surface area contributed by atoms with Crippen LogP contribution in [0.5, 0.6) is 0 Å². The van der Waals surface area contributed by atoms with Crippen molar-refractivity contribution in [3.8, 4) is 0 Å². The van der Waals surface area contributed by atoms with E-state index in [0.717, 1.165) is 0 Å². The molecule has 0 bridgehead atoms. The number of aliphatic hydroxyl groups is 5. The summed E-state index contributed by atoms with van der Waals surface area (Å²) in [6.45, 7) is 6.66. The van der Waals surface area contributed by atoms with Crippen LogP contribution in [0.3, 0.4) is 0 Å². The second-order valence-corrected chi connectivity index (χ2v) is 8.40. The summed E-state index contributed by atoms with van der Waals surface area (Å²) in [6, 6.07) is 0. The highest BCUT2D eigenvalue weighted by Gasteiger charge is 2.49. The van der Waals surface area contributed by atoms with Gasteiger partial charge >= 0.3 is 0 Å². The van der Waals surface area contributed by atoms with Gasteiger partial charge in [-0.2, -0.15) is 0 Å². The first-order valence-corrected chi connectivity index (χ1v) is 9.33. The zero-order valence-corrected chi connectivity index (χ0v) is 16.3. The Morgan fingerprint density at radius 2 is 1.89 bits per heavy atom. The lowest BCUT2D eigenvalue weighted by Gasteiger charge is -2.46. The lowest BCUT2D eigenvalue weighted by molar-refractivity contribution is -0.310. The van der Waals surface area contributed by atoms with Gasteiger partial charge in [-0.15, -0.1) is 0 Å². The van der Waals surface area contributed by atoms with Crippen LogP contribution in [-0.2, 0) is 14.3 Å². The molecule has 1 fully saturated rings. The van der Waals surface area contributed by atoms with E-state index in [1.807, 2.05) is 13.8 Å². The molecule has 27 heavy (non-hydrogen) atoms. The second kappa shape index (κ2) is 8.24. The summed E-state index contributed by atoms with van der Waals surface area (Å²) in [6.07, 6.45) is -4.59. The van der Waals surface area contributed by atoms with E-state index < -0.39 is 54.4 Å². The van der Waals surface area contributed by atoms with Crippen molar-refractivity contribution in [3.05, 3.63) is 11.6 Å². The SMILES string of the molecule is CC1=CC(=O)CC(C)(C)[C@]1(O)CC[C@@H](C)O[C@@H]1O[C@H](CO)[C@@H](O)[C@H](O)[C@H]1O. The van der Waals surface area contributed by atoms with E-state index in [4.69, 9.17) is 9.47 Å². The molecule has 0 amide bonds. The molecule has 1 aliphatic carbocycles. The Kier molecular flexibility index (Phi) is 6.85. The Bertz CT molecular complexity index is 572. The van der Waals surface area contributed by atoms with Gasteiger partial charge in [-0.3, -0.25) is 4.79 Å². The topological polar surface area (TPSA) is 137 Å². The van der Waals surface area contributed by atoms with Crippen molar-refractivity contribution in [2.75, 3.05) is 6.61 Å². The van der Waals surface area contributed by atoms with Crippen LogP contribution in [0.15, 0.2) is 11.6 Å². The molecule has 1 aliphatic heterocycles. The lowest BCUT2D eigenvalue weighted by Crippen LogP contribution is -2.59. The number of allylic oxidation sites excluding steroid dienone is 1. The monoisotopic (exact) mass is 388 g/mol. The molecule has 8 heteroatoms. The maximum absolute atomic E-state index is 11.8. The molecular formula is C19H32O8. The highest BCUT2D eigenvalue weighted by Crippen LogP contribution is 2.46. The molecule has 7 atom stereocenters. The average molecular weight is 388 g/mol. The zero-order valence-electron chi connectivity index (χ0n) is 16.3. The van der Waals surface area contributed by atoms with Crippen LogP contribution in [0.1, 0.15) is 47.0 Å². The highest BCUT2D eigenvalue weighted by atomic mass is 16.7. The van der Waals surface area contributed by atoms with Crippen LogP contribution in [0, 0.1) is 5.41 Å². The maximum atomic E-state index is 11.8. The van der Waals surface area contributed by atoms with Gasteiger partial charge in [0.05, 0.1) is 18.3 Å². The van der Waals surface area contributed by atoms with Gasteiger partial charge in [0.1, 0.15) is 24.4 Å². The van der Waals surface area contributed by atoms with Crippen LogP contribution in [0.2, 0.25) is 0 Å². The van der Waals surface area contributed by atoms with Crippen molar-refractivity contribution in [1.82, 2.24) is 0 Å². The molecule has 0 aromatic heterocycles. The fourth-order valence-corrected chi connectivity index (χ4v) is 3.95. The number of carbonyl (C=O) groups is 1. The number of hydrogen-bond acceptors (Lipinski definition) is 8. The van der Waals surface area contributed by atoms with Gasteiger partial charge in [0.2, 0.25) is 0 Å². The van der Waals surface area contributed by atoms with Gasteiger partial charge in [0.25, 0.3) is 0 Å². The fourth-order valence-electron chi connectivity index (χ4n) is 3.95. The molecule has 0 spiro atoms. The predicted molar refractivity (Wildman–Crippen MR) is 95.7 cm³/mol. The minimum absolute atomic E-state index is 0.00667. The Labute approximate surface area is 159 Å². The normalized spacial score (nSPS) is 40.6. The first-order valence-electron chi connectivity index (χ1n) is 9.33. The second-order valence-electron chi connectivity index (χ2n) is 8.40. The van der Waals surface area contributed by atoms with E-state index in [1.54, 1.807) is 13.8 Å². The summed E-state index contributed by atoms with van der Waals surface area (Å²) < 4.78 is 11.0. The molecular weight excluding hydrogens is 356 g/mol. The Balaban J connectivity index is 2.00. The molecule has 0 unspecified atom stereocenters. The van der Waals surface area contributed by atoms with Crippen molar-refractivity contribution < 1.29 is 39.8 Å². The third-order valence-electron chi connectivity index (χ3n) is 5.89. The van der Waals surface area contributed by atoms with E-state index in [0.29, 0.717) is 18.4 Å². The summed E-state index contributed by atoms with van der Waals surface area (Å²) in [4.78, 5) is 11.8. The molecule has 0 radical (unpaired) electrons. The van der Waals surface area contributed by atoms with Crippen molar-refractivity contribution >= 4 is 5.78 Å². The van der Waals surface area contributed by atoms with Gasteiger partial charge in [-0.05, 0) is 38.3 Å². The molecule has 2 aliphatic rings. The van der Waals surface area contributed by atoms with Crippen molar-refractivity contribution in [2.24, 2.45) is 5.41 Å². The van der Waals surface area contributed by atoms with Crippen molar-refractivity contribution in [1.29, 1.82) is 0 Å². The van der Waals surface area contributed by atoms with E-state index in [-0.39, 0.29) is 12.2 Å². The number of aliphatic hydroxyl groups excluding tert-OH is 4. The van der Waals surface area contributed by atoms with E-state index in [2.05, 4.69) is 0 Å². The third kappa shape index (κ3) is 4.42. The maximum Gasteiger partial charge on any atom is 0.186 e. The zero-order chi connectivity index (χ0) is 20.6. The molecule has 0 aromatic rings. The largest absolute Gasteiger partial charge is 0.394 e. The molecule has 0 saturated carbocycles. The van der Waals surface area contributed by atoms with Crippen molar-refractivity contribution in [2.45, 2.75) is 89.4 Å². The molecule has 156 valence electrons. The Morgan fingerprint density at radius 1 is 1.26 bits per heavy atom. The quantitative estimate of drug-likeness (QED) is 0.416. The Morgan fingerprint density at radius 3 is 2.44 bits per heavy atom. The van der Waals surface area contributed by atoms with Gasteiger partial charge in [-0.1, -0.05) is 13.8 Å². The first kappa shape index (κ1) is 22.4. The average Bonchev–Trinajstić information content (AvgIpc) is 2.58. The third-order valence-corrected chi connectivity index (χ3v) is 5.89. The van der Waals surface area contributed by atoms with Crippen molar-refractivity contribution in [3.63, 3.8) is 0 Å².